The zero-order valence-electron chi connectivity index (χ0n) is 12.6. The first-order valence-corrected chi connectivity index (χ1v) is 7.74. The zero-order valence-corrected chi connectivity index (χ0v) is 12.6. The van der Waals surface area contributed by atoms with Crippen molar-refractivity contribution < 1.29 is 0 Å². The molecule has 2 fully saturated rings. The van der Waals surface area contributed by atoms with Crippen LogP contribution < -0.4 is 5.32 Å². The minimum absolute atomic E-state index is 0.346. The van der Waals surface area contributed by atoms with Crippen LogP contribution >= 0.6 is 0 Å². The SMILES string of the molecule is CNc1cc(C23CCCCC2N(C)CC3)ccc1C=N. The second-order valence-electron chi connectivity index (χ2n) is 6.34. The second-order valence-corrected chi connectivity index (χ2v) is 6.34. The van der Waals surface area contributed by atoms with Gasteiger partial charge in [-0.05, 0) is 44.5 Å². The monoisotopic (exact) mass is 271 g/mol. The Bertz CT molecular complexity index is 507. The molecule has 3 rings (SSSR count). The average Bonchev–Trinajstić information content (AvgIpc) is 2.85. The molecule has 2 unspecified atom stereocenters. The van der Waals surface area contributed by atoms with E-state index in [1.165, 1.54) is 50.4 Å². The fourth-order valence-electron chi connectivity index (χ4n) is 4.38. The van der Waals surface area contributed by atoms with Crippen molar-refractivity contribution in [3.63, 3.8) is 0 Å². The first-order chi connectivity index (χ1) is 9.71. The zero-order chi connectivity index (χ0) is 14.2. The molecule has 3 nitrogen and oxygen atoms in total. The number of nitrogens with zero attached hydrogens (tertiary/aromatic N) is 1. The highest BCUT2D eigenvalue weighted by Gasteiger charge is 2.48. The largest absolute Gasteiger partial charge is 0.388 e. The van der Waals surface area contributed by atoms with Gasteiger partial charge in [0.25, 0.3) is 0 Å². The Morgan fingerprint density at radius 2 is 2.20 bits per heavy atom. The Labute approximate surface area is 121 Å². The molecular formula is C17H25N3. The van der Waals surface area contributed by atoms with E-state index in [0.717, 1.165) is 11.3 Å². The normalized spacial score (nSPS) is 30.0. The third-order valence-corrected chi connectivity index (χ3v) is 5.48. The topological polar surface area (TPSA) is 39.1 Å². The second kappa shape index (κ2) is 5.21. The number of benzene rings is 1. The summed E-state index contributed by atoms with van der Waals surface area (Å²) in [5, 5.41) is 10.8. The number of likely N-dealkylation sites (tertiary alicyclic amines) is 1. The van der Waals surface area contributed by atoms with Gasteiger partial charge in [-0.15, -0.1) is 0 Å². The molecule has 0 aromatic heterocycles. The number of anilines is 1. The highest BCUT2D eigenvalue weighted by atomic mass is 15.2. The fraction of sp³-hybridized carbons (Fsp3) is 0.588. The van der Waals surface area contributed by atoms with Gasteiger partial charge in [-0.2, -0.15) is 0 Å². The van der Waals surface area contributed by atoms with Crippen molar-refractivity contribution in [2.75, 3.05) is 26.0 Å². The quantitative estimate of drug-likeness (QED) is 0.828. The molecule has 0 spiro atoms. The van der Waals surface area contributed by atoms with Crippen LogP contribution in [-0.4, -0.2) is 37.8 Å². The van der Waals surface area contributed by atoms with Gasteiger partial charge >= 0.3 is 0 Å². The standard InChI is InChI=1S/C17H25N3/c1-19-15-11-14(7-6-13(15)12-18)17-8-4-3-5-16(17)20(2)10-9-17/h6-7,11-12,16,18-19H,3-5,8-10H2,1-2H3. The van der Waals surface area contributed by atoms with Gasteiger partial charge in [0.15, 0.2) is 0 Å². The van der Waals surface area contributed by atoms with E-state index in [1.807, 2.05) is 7.05 Å². The van der Waals surface area contributed by atoms with E-state index in [9.17, 15) is 0 Å². The molecular weight excluding hydrogens is 246 g/mol. The lowest BCUT2D eigenvalue weighted by atomic mass is 9.66. The summed E-state index contributed by atoms with van der Waals surface area (Å²) in [7, 11) is 4.23. The minimum Gasteiger partial charge on any atom is -0.388 e. The molecule has 1 saturated heterocycles. The predicted octanol–water partition coefficient (Wildman–Crippen LogP) is 3.24. The van der Waals surface area contributed by atoms with Gasteiger partial charge in [-0.1, -0.05) is 25.0 Å². The van der Waals surface area contributed by atoms with Crippen molar-refractivity contribution in [2.24, 2.45) is 0 Å². The summed E-state index contributed by atoms with van der Waals surface area (Å²) in [6.45, 7) is 1.21. The Kier molecular flexibility index (Phi) is 3.55. The van der Waals surface area contributed by atoms with Crippen molar-refractivity contribution >= 4 is 11.9 Å². The molecule has 3 heteroatoms. The summed E-state index contributed by atoms with van der Waals surface area (Å²) in [4.78, 5) is 2.56. The molecule has 2 N–H and O–H groups in total. The van der Waals surface area contributed by atoms with Crippen molar-refractivity contribution in [3.05, 3.63) is 29.3 Å². The molecule has 1 aromatic carbocycles. The fourth-order valence-corrected chi connectivity index (χ4v) is 4.38. The van der Waals surface area contributed by atoms with Gasteiger partial charge in [0.2, 0.25) is 0 Å². The Balaban J connectivity index is 2.04. The van der Waals surface area contributed by atoms with E-state index in [2.05, 4.69) is 35.5 Å². The number of hydrogen-bond acceptors (Lipinski definition) is 3. The Morgan fingerprint density at radius 1 is 1.35 bits per heavy atom. The van der Waals surface area contributed by atoms with Gasteiger partial charge in [0.05, 0.1) is 0 Å². The Morgan fingerprint density at radius 3 is 2.95 bits per heavy atom. The third kappa shape index (κ3) is 1.96. The first-order valence-electron chi connectivity index (χ1n) is 7.74. The number of nitrogens with one attached hydrogen (secondary N) is 2. The van der Waals surface area contributed by atoms with E-state index in [1.54, 1.807) is 0 Å². The minimum atomic E-state index is 0.346. The van der Waals surface area contributed by atoms with Gasteiger partial charge in [0, 0.05) is 36.0 Å². The molecule has 20 heavy (non-hydrogen) atoms. The summed E-state index contributed by atoms with van der Waals surface area (Å²) < 4.78 is 0. The third-order valence-electron chi connectivity index (χ3n) is 5.48. The van der Waals surface area contributed by atoms with Crippen LogP contribution in [0.1, 0.15) is 43.2 Å². The van der Waals surface area contributed by atoms with Crippen molar-refractivity contribution in [3.8, 4) is 0 Å². The van der Waals surface area contributed by atoms with Crippen LogP contribution in [0.15, 0.2) is 18.2 Å². The highest BCUT2D eigenvalue weighted by molar-refractivity contribution is 5.86. The predicted molar refractivity (Wildman–Crippen MR) is 85.1 cm³/mol. The molecule has 1 aromatic rings. The molecule has 0 bridgehead atoms. The number of hydrogen-bond donors (Lipinski definition) is 2. The van der Waals surface area contributed by atoms with Crippen LogP contribution in [0.2, 0.25) is 0 Å². The van der Waals surface area contributed by atoms with Crippen molar-refractivity contribution in [2.45, 2.75) is 43.6 Å². The van der Waals surface area contributed by atoms with E-state index in [0.29, 0.717) is 11.5 Å². The van der Waals surface area contributed by atoms with Crippen LogP contribution in [0.5, 0.6) is 0 Å². The lowest BCUT2D eigenvalue weighted by Gasteiger charge is -2.42. The average molecular weight is 271 g/mol. The van der Waals surface area contributed by atoms with Crippen LogP contribution in [0, 0.1) is 5.41 Å². The summed E-state index contributed by atoms with van der Waals surface area (Å²) in [5.74, 6) is 0. The van der Waals surface area contributed by atoms with Crippen molar-refractivity contribution in [1.29, 1.82) is 5.41 Å². The highest BCUT2D eigenvalue weighted by Crippen LogP contribution is 2.48. The molecule has 1 aliphatic carbocycles. The smallest absolute Gasteiger partial charge is 0.0429 e. The maximum Gasteiger partial charge on any atom is 0.0429 e. The maximum absolute atomic E-state index is 7.51. The summed E-state index contributed by atoms with van der Waals surface area (Å²) in [6, 6.07) is 7.36. The van der Waals surface area contributed by atoms with Crippen LogP contribution in [0.3, 0.4) is 0 Å². The first kappa shape index (κ1) is 13.6. The van der Waals surface area contributed by atoms with Crippen LogP contribution in [-0.2, 0) is 5.41 Å². The lowest BCUT2D eigenvalue weighted by molar-refractivity contribution is 0.182. The molecule has 2 atom stereocenters. The maximum atomic E-state index is 7.51. The van der Waals surface area contributed by atoms with E-state index >= 15 is 0 Å². The number of fused-ring (bicyclic) bond motifs is 1. The summed E-state index contributed by atoms with van der Waals surface area (Å²) in [6.07, 6.45) is 8.08. The van der Waals surface area contributed by atoms with E-state index in [-0.39, 0.29) is 0 Å². The van der Waals surface area contributed by atoms with Gasteiger partial charge in [-0.25, -0.2) is 0 Å². The van der Waals surface area contributed by atoms with Gasteiger partial charge in [-0.3, -0.25) is 0 Å². The van der Waals surface area contributed by atoms with Gasteiger partial charge < -0.3 is 15.6 Å². The molecule has 2 aliphatic rings. The molecule has 1 aliphatic heterocycles. The van der Waals surface area contributed by atoms with Crippen LogP contribution in [0.25, 0.3) is 0 Å². The Hall–Kier alpha value is -1.35. The summed E-state index contributed by atoms with van der Waals surface area (Å²) >= 11 is 0. The van der Waals surface area contributed by atoms with E-state index < -0.39 is 0 Å². The molecule has 108 valence electrons. The molecule has 1 saturated carbocycles. The molecule has 0 radical (unpaired) electrons. The number of rotatable bonds is 3. The molecule has 1 heterocycles. The summed E-state index contributed by atoms with van der Waals surface area (Å²) in [5.41, 5.74) is 3.89. The number of likely N-dealkylation sites (N-methyl/N-ethyl adjacent to an activating group) is 1. The molecule has 0 amide bonds. The van der Waals surface area contributed by atoms with E-state index in [4.69, 9.17) is 5.41 Å². The van der Waals surface area contributed by atoms with Crippen molar-refractivity contribution in [1.82, 2.24) is 4.90 Å². The lowest BCUT2D eigenvalue weighted by Crippen LogP contribution is -2.43. The van der Waals surface area contributed by atoms with Crippen LogP contribution in [0.4, 0.5) is 5.69 Å². The van der Waals surface area contributed by atoms with Gasteiger partial charge in [0.1, 0.15) is 0 Å².